The van der Waals surface area contributed by atoms with E-state index in [1.165, 1.54) is 10.6 Å². The minimum atomic E-state index is -4.79. The van der Waals surface area contributed by atoms with Crippen molar-refractivity contribution >= 4 is 27.5 Å². The summed E-state index contributed by atoms with van der Waals surface area (Å²) in [4.78, 5) is 21.2. The third-order valence-electron chi connectivity index (χ3n) is 3.66. The monoisotopic (exact) mass is 413 g/mol. The summed E-state index contributed by atoms with van der Waals surface area (Å²) in [5.41, 5.74) is -0.912. The van der Waals surface area contributed by atoms with Gasteiger partial charge in [-0.1, -0.05) is 6.92 Å². The summed E-state index contributed by atoms with van der Waals surface area (Å²) >= 11 is 2.87. The van der Waals surface area contributed by atoms with Crippen LogP contribution in [0.5, 0.6) is 5.75 Å². The van der Waals surface area contributed by atoms with Gasteiger partial charge in [0, 0.05) is 18.0 Å². The number of imidazole rings is 1. The van der Waals surface area contributed by atoms with Crippen LogP contribution in [-0.4, -0.2) is 25.3 Å². The van der Waals surface area contributed by atoms with Crippen LogP contribution in [0.4, 0.5) is 13.2 Å². The number of rotatable bonds is 3. The highest BCUT2D eigenvalue weighted by atomic mass is 79.9. The standard InChI is InChI=1S/C16H11BrF3N3O2/c1-2-11-12(23-5-3-4-21-15(23)22-11)13(24)8-6-9(16(18,19)20)14(25)10(17)7-8/h3-7,25H,2H2,1H3. The van der Waals surface area contributed by atoms with E-state index in [1.807, 2.05) is 0 Å². The lowest BCUT2D eigenvalue weighted by Crippen LogP contribution is -2.12. The molecule has 0 saturated heterocycles. The van der Waals surface area contributed by atoms with Gasteiger partial charge in [-0.3, -0.25) is 9.20 Å². The third-order valence-corrected chi connectivity index (χ3v) is 4.26. The van der Waals surface area contributed by atoms with Gasteiger partial charge >= 0.3 is 6.18 Å². The van der Waals surface area contributed by atoms with Crippen molar-refractivity contribution in [3.63, 3.8) is 0 Å². The minimum absolute atomic E-state index is 0.149. The Morgan fingerprint density at radius 1 is 1.36 bits per heavy atom. The first-order valence-corrected chi connectivity index (χ1v) is 7.99. The zero-order valence-electron chi connectivity index (χ0n) is 12.8. The van der Waals surface area contributed by atoms with Gasteiger partial charge in [-0.25, -0.2) is 9.97 Å². The van der Waals surface area contributed by atoms with Crippen molar-refractivity contribution in [3.8, 4) is 5.75 Å². The number of fused-ring (bicyclic) bond motifs is 1. The maximum atomic E-state index is 13.1. The van der Waals surface area contributed by atoms with Crippen LogP contribution in [0.1, 0.15) is 34.2 Å². The van der Waals surface area contributed by atoms with Crippen LogP contribution < -0.4 is 0 Å². The van der Waals surface area contributed by atoms with Gasteiger partial charge in [0.1, 0.15) is 11.4 Å². The number of ketones is 1. The number of aryl methyl sites for hydroxylation is 1. The van der Waals surface area contributed by atoms with Gasteiger partial charge in [0.2, 0.25) is 11.6 Å². The molecule has 0 aliphatic carbocycles. The van der Waals surface area contributed by atoms with E-state index in [4.69, 9.17) is 0 Å². The summed E-state index contributed by atoms with van der Waals surface area (Å²) in [7, 11) is 0. The second-order valence-electron chi connectivity index (χ2n) is 5.23. The van der Waals surface area contributed by atoms with E-state index in [0.717, 1.165) is 6.07 Å². The molecule has 2 heterocycles. The Morgan fingerprint density at radius 2 is 2.08 bits per heavy atom. The maximum Gasteiger partial charge on any atom is 0.420 e. The van der Waals surface area contributed by atoms with Gasteiger partial charge in [0.05, 0.1) is 15.7 Å². The highest BCUT2D eigenvalue weighted by Gasteiger charge is 2.36. The van der Waals surface area contributed by atoms with E-state index >= 15 is 0 Å². The minimum Gasteiger partial charge on any atom is -0.506 e. The molecule has 1 aromatic carbocycles. The Balaban J connectivity index is 2.22. The van der Waals surface area contributed by atoms with Crippen LogP contribution in [0.3, 0.4) is 0 Å². The molecule has 0 bridgehead atoms. The first kappa shape index (κ1) is 17.4. The van der Waals surface area contributed by atoms with Crippen molar-refractivity contribution in [3.05, 3.63) is 57.6 Å². The predicted molar refractivity (Wildman–Crippen MR) is 86.6 cm³/mol. The topological polar surface area (TPSA) is 67.5 Å². The molecule has 0 aliphatic rings. The molecule has 0 atom stereocenters. The van der Waals surface area contributed by atoms with Gasteiger partial charge in [0.15, 0.2) is 0 Å². The lowest BCUT2D eigenvalue weighted by atomic mass is 10.0. The lowest BCUT2D eigenvalue weighted by molar-refractivity contribution is -0.138. The largest absolute Gasteiger partial charge is 0.506 e. The number of aromatic nitrogens is 3. The zero-order chi connectivity index (χ0) is 18.4. The molecule has 5 nitrogen and oxygen atoms in total. The fraction of sp³-hybridized carbons (Fsp3) is 0.188. The Kier molecular flexibility index (Phi) is 4.28. The molecule has 0 radical (unpaired) electrons. The van der Waals surface area contributed by atoms with E-state index in [0.29, 0.717) is 18.2 Å². The van der Waals surface area contributed by atoms with Crippen molar-refractivity contribution in [2.45, 2.75) is 19.5 Å². The molecular weight excluding hydrogens is 403 g/mol. The summed E-state index contributed by atoms with van der Waals surface area (Å²) in [6, 6.07) is 3.39. The predicted octanol–water partition coefficient (Wildman–Crippen LogP) is 4.01. The average molecular weight is 414 g/mol. The van der Waals surface area contributed by atoms with Gasteiger partial charge in [-0.15, -0.1) is 0 Å². The van der Waals surface area contributed by atoms with Crippen molar-refractivity contribution in [1.82, 2.24) is 14.4 Å². The molecule has 130 valence electrons. The second kappa shape index (κ2) is 6.14. The molecular formula is C16H11BrF3N3O2. The SMILES string of the molecule is CCc1nc2ncccn2c1C(=O)c1cc(Br)c(O)c(C(F)(F)F)c1. The van der Waals surface area contributed by atoms with Crippen LogP contribution in [0.15, 0.2) is 35.1 Å². The van der Waals surface area contributed by atoms with E-state index < -0.39 is 23.3 Å². The number of nitrogens with zero attached hydrogens (tertiary/aromatic N) is 3. The summed E-state index contributed by atoms with van der Waals surface area (Å²) in [5.74, 6) is -1.31. The van der Waals surface area contributed by atoms with Crippen molar-refractivity contribution in [2.75, 3.05) is 0 Å². The Bertz CT molecular complexity index is 983. The van der Waals surface area contributed by atoms with Gasteiger partial charge in [-0.05, 0) is 40.5 Å². The second-order valence-corrected chi connectivity index (χ2v) is 6.09. The number of halogens is 4. The molecule has 0 fully saturated rings. The Hall–Kier alpha value is -2.42. The normalized spacial score (nSPS) is 11.9. The fourth-order valence-electron chi connectivity index (χ4n) is 2.50. The number of hydrogen-bond donors (Lipinski definition) is 1. The van der Waals surface area contributed by atoms with Gasteiger partial charge in [0.25, 0.3) is 0 Å². The summed E-state index contributed by atoms with van der Waals surface area (Å²) < 4.78 is 40.5. The zero-order valence-corrected chi connectivity index (χ0v) is 14.4. The number of phenolic OH excluding ortho intramolecular Hbond substituents is 1. The molecule has 9 heteroatoms. The highest BCUT2D eigenvalue weighted by Crippen LogP contribution is 2.40. The Morgan fingerprint density at radius 3 is 2.72 bits per heavy atom. The summed E-state index contributed by atoms with van der Waals surface area (Å²) in [6.07, 6.45) is -1.30. The molecule has 1 N–H and O–H groups in total. The molecule has 25 heavy (non-hydrogen) atoms. The molecule has 0 amide bonds. The Labute approximate surface area is 148 Å². The molecule has 0 aliphatic heterocycles. The van der Waals surface area contributed by atoms with E-state index in [9.17, 15) is 23.1 Å². The summed E-state index contributed by atoms with van der Waals surface area (Å²) in [5, 5.41) is 9.64. The van der Waals surface area contributed by atoms with E-state index in [1.54, 1.807) is 19.2 Å². The molecule has 0 saturated carbocycles. The third kappa shape index (κ3) is 2.99. The molecule has 3 aromatic rings. The van der Waals surface area contributed by atoms with Crippen molar-refractivity contribution < 1.29 is 23.1 Å². The quantitative estimate of drug-likeness (QED) is 0.658. The number of phenols is 1. The number of carbonyl (C=O) groups excluding carboxylic acids is 1. The van der Waals surface area contributed by atoms with Crippen LogP contribution in [0.2, 0.25) is 0 Å². The smallest absolute Gasteiger partial charge is 0.420 e. The van der Waals surface area contributed by atoms with Crippen molar-refractivity contribution in [1.29, 1.82) is 0 Å². The van der Waals surface area contributed by atoms with Crippen molar-refractivity contribution in [2.24, 2.45) is 0 Å². The first-order valence-electron chi connectivity index (χ1n) is 7.20. The fourth-order valence-corrected chi connectivity index (χ4v) is 2.96. The summed E-state index contributed by atoms with van der Waals surface area (Å²) in [6.45, 7) is 1.78. The van der Waals surface area contributed by atoms with Gasteiger partial charge < -0.3 is 5.11 Å². The lowest BCUT2D eigenvalue weighted by Gasteiger charge is -2.12. The molecule has 0 unspecified atom stereocenters. The number of aromatic hydroxyl groups is 1. The average Bonchev–Trinajstić information content (AvgIpc) is 2.94. The maximum absolute atomic E-state index is 13.1. The highest BCUT2D eigenvalue weighted by molar-refractivity contribution is 9.10. The van der Waals surface area contributed by atoms with E-state index in [-0.39, 0.29) is 21.5 Å². The number of hydrogen-bond acceptors (Lipinski definition) is 4. The van der Waals surface area contributed by atoms with Crippen LogP contribution >= 0.6 is 15.9 Å². The number of carbonyl (C=O) groups is 1. The van der Waals surface area contributed by atoms with Crippen LogP contribution in [-0.2, 0) is 12.6 Å². The van der Waals surface area contributed by atoms with Gasteiger partial charge in [-0.2, -0.15) is 13.2 Å². The number of benzene rings is 1. The molecule has 3 rings (SSSR count). The number of alkyl halides is 3. The van der Waals surface area contributed by atoms with Crippen LogP contribution in [0.25, 0.3) is 5.78 Å². The molecule has 2 aromatic heterocycles. The van der Waals surface area contributed by atoms with Crippen LogP contribution in [0, 0.1) is 0 Å². The molecule has 0 spiro atoms. The van der Waals surface area contributed by atoms with E-state index in [2.05, 4.69) is 25.9 Å². The first-order chi connectivity index (χ1) is 11.7.